The minimum atomic E-state index is 0.119. The van der Waals surface area contributed by atoms with Crippen LogP contribution in [-0.2, 0) is 13.0 Å². The van der Waals surface area contributed by atoms with Crippen LogP contribution in [0.25, 0.3) is 0 Å². The first-order valence-corrected chi connectivity index (χ1v) is 12.0. The molecule has 4 aromatic rings. The van der Waals surface area contributed by atoms with Crippen LogP contribution in [0.4, 0.5) is 11.6 Å². The number of hydrogen-bond acceptors (Lipinski definition) is 5. The van der Waals surface area contributed by atoms with Gasteiger partial charge in [0.05, 0.1) is 12.2 Å². The van der Waals surface area contributed by atoms with Gasteiger partial charge in [0, 0.05) is 33.7 Å². The smallest absolute Gasteiger partial charge is 0.131 e. The van der Waals surface area contributed by atoms with Crippen molar-refractivity contribution in [3.63, 3.8) is 0 Å². The maximum absolute atomic E-state index is 6.09. The lowest BCUT2D eigenvalue weighted by molar-refractivity contribution is 0.594. The number of aromatic nitrogens is 3. The molecule has 0 saturated carbocycles. The summed E-state index contributed by atoms with van der Waals surface area (Å²) in [7, 11) is 0. The van der Waals surface area contributed by atoms with E-state index in [0.717, 1.165) is 33.2 Å². The molecule has 2 aromatic heterocycles. The number of nitrogens with one attached hydrogen (secondary N) is 2. The van der Waals surface area contributed by atoms with Crippen LogP contribution < -0.4 is 10.6 Å². The highest BCUT2D eigenvalue weighted by Gasteiger charge is 2.21. The molecule has 0 aliphatic rings. The summed E-state index contributed by atoms with van der Waals surface area (Å²) in [5, 5.41) is 7.64. The topological polar surface area (TPSA) is 62.7 Å². The van der Waals surface area contributed by atoms with Crippen LogP contribution in [0.2, 0.25) is 5.02 Å². The Morgan fingerprint density at radius 3 is 2.48 bits per heavy atom. The highest BCUT2D eigenvalue weighted by molar-refractivity contribution is 9.10. The van der Waals surface area contributed by atoms with Gasteiger partial charge in [-0.15, -0.1) is 0 Å². The van der Waals surface area contributed by atoms with Crippen LogP contribution in [0.1, 0.15) is 29.7 Å². The standard InChI is InChI=1S/C26H25BrClN5/c1-18(33-26-15-25(31-17-32-26)30-16-23-7-2-3-12-29-23)24(20-5-4-6-21(27)14-20)13-19-8-10-22(28)11-9-19/h2-12,14-15,17-18,24H,13,16H2,1H3,(H2,30,31,32,33)/t18-,24+/m0/s1. The van der Waals surface area contributed by atoms with Gasteiger partial charge in [-0.2, -0.15) is 0 Å². The molecule has 0 unspecified atom stereocenters. The molecule has 2 N–H and O–H groups in total. The monoisotopic (exact) mass is 521 g/mol. The first kappa shape index (κ1) is 23.2. The van der Waals surface area contributed by atoms with Crippen LogP contribution in [0.15, 0.2) is 89.8 Å². The van der Waals surface area contributed by atoms with Gasteiger partial charge in [0.15, 0.2) is 0 Å². The van der Waals surface area contributed by atoms with Crippen LogP contribution >= 0.6 is 27.5 Å². The first-order chi connectivity index (χ1) is 16.1. The molecule has 4 rings (SSSR count). The SMILES string of the molecule is C[C@H](Nc1cc(NCc2ccccn2)ncn1)[C@@H](Cc1ccc(Cl)cc1)c1cccc(Br)c1. The lowest BCUT2D eigenvalue weighted by atomic mass is 9.86. The third-order valence-corrected chi connectivity index (χ3v) is 6.21. The molecular formula is C26H25BrClN5. The number of halogens is 2. The minimum absolute atomic E-state index is 0.119. The molecule has 7 heteroatoms. The van der Waals surface area contributed by atoms with E-state index in [-0.39, 0.29) is 12.0 Å². The highest BCUT2D eigenvalue weighted by Crippen LogP contribution is 2.29. The normalized spacial score (nSPS) is 12.7. The molecule has 0 fully saturated rings. The molecule has 2 heterocycles. The largest absolute Gasteiger partial charge is 0.367 e. The Bertz CT molecular complexity index is 1170. The van der Waals surface area contributed by atoms with Crippen molar-refractivity contribution in [3.05, 3.63) is 112 Å². The average Bonchev–Trinajstić information content (AvgIpc) is 2.83. The average molecular weight is 523 g/mol. The third kappa shape index (κ3) is 6.76. The number of rotatable bonds is 9. The number of nitrogens with zero attached hydrogens (tertiary/aromatic N) is 3. The molecule has 0 aliphatic heterocycles. The zero-order valence-electron chi connectivity index (χ0n) is 18.2. The van der Waals surface area contributed by atoms with E-state index in [0.29, 0.717) is 6.54 Å². The fraction of sp³-hybridized carbons (Fsp3) is 0.192. The Morgan fingerprint density at radius 2 is 1.73 bits per heavy atom. The zero-order chi connectivity index (χ0) is 23.0. The molecule has 0 aliphatic carbocycles. The molecule has 168 valence electrons. The molecule has 0 amide bonds. The fourth-order valence-electron chi connectivity index (χ4n) is 3.75. The van der Waals surface area contributed by atoms with Crippen molar-refractivity contribution in [3.8, 4) is 0 Å². The van der Waals surface area contributed by atoms with Crippen LogP contribution in [0.5, 0.6) is 0 Å². The Labute approximate surface area is 207 Å². The zero-order valence-corrected chi connectivity index (χ0v) is 20.6. The van der Waals surface area contributed by atoms with E-state index in [2.05, 4.69) is 78.8 Å². The molecule has 2 atom stereocenters. The van der Waals surface area contributed by atoms with Crippen molar-refractivity contribution < 1.29 is 0 Å². The van der Waals surface area contributed by atoms with Crippen molar-refractivity contribution in [2.24, 2.45) is 0 Å². The van der Waals surface area contributed by atoms with Crippen molar-refractivity contribution in [1.29, 1.82) is 0 Å². The van der Waals surface area contributed by atoms with Crippen LogP contribution in [0.3, 0.4) is 0 Å². The van der Waals surface area contributed by atoms with Crippen molar-refractivity contribution in [2.75, 3.05) is 10.6 Å². The summed E-state index contributed by atoms with van der Waals surface area (Å²) in [6.45, 7) is 2.79. The molecule has 0 saturated heterocycles. The van der Waals surface area contributed by atoms with Crippen molar-refractivity contribution >= 4 is 39.2 Å². The van der Waals surface area contributed by atoms with Gasteiger partial charge in [0.1, 0.15) is 18.0 Å². The Balaban J connectivity index is 1.50. The summed E-state index contributed by atoms with van der Waals surface area (Å²) >= 11 is 9.71. The van der Waals surface area contributed by atoms with Gasteiger partial charge in [-0.3, -0.25) is 4.98 Å². The van der Waals surface area contributed by atoms with Gasteiger partial charge >= 0.3 is 0 Å². The number of anilines is 2. The second kappa shape index (κ2) is 11.3. The maximum Gasteiger partial charge on any atom is 0.131 e. The predicted octanol–water partition coefficient (Wildman–Crippen LogP) is 6.73. The molecule has 33 heavy (non-hydrogen) atoms. The number of benzene rings is 2. The van der Waals surface area contributed by atoms with E-state index in [1.165, 1.54) is 11.1 Å². The van der Waals surface area contributed by atoms with E-state index < -0.39 is 0 Å². The molecular weight excluding hydrogens is 498 g/mol. The Morgan fingerprint density at radius 1 is 0.909 bits per heavy atom. The van der Waals surface area contributed by atoms with Crippen LogP contribution in [-0.4, -0.2) is 21.0 Å². The van der Waals surface area contributed by atoms with Gasteiger partial charge in [-0.05, 0) is 60.9 Å². The summed E-state index contributed by atoms with van der Waals surface area (Å²) in [6, 6.07) is 24.4. The second-order valence-corrected chi connectivity index (χ2v) is 9.24. The number of hydrogen-bond donors (Lipinski definition) is 2. The molecule has 0 radical (unpaired) electrons. The summed E-state index contributed by atoms with van der Waals surface area (Å²) in [4.78, 5) is 13.1. The van der Waals surface area contributed by atoms with Crippen molar-refractivity contribution in [1.82, 2.24) is 15.0 Å². The quantitative estimate of drug-likeness (QED) is 0.255. The van der Waals surface area contributed by atoms with E-state index in [9.17, 15) is 0 Å². The number of pyridine rings is 1. The molecule has 0 bridgehead atoms. The summed E-state index contributed by atoms with van der Waals surface area (Å²) in [6.07, 6.45) is 4.23. The first-order valence-electron chi connectivity index (χ1n) is 10.8. The summed E-state index contributed by atoms with van der Waals surface area (Å²) < 4.78 is 1.07. The highest BCUT2D eigenvalue weighted by atomic mass is 79.9. The molecule has 0 spiro atoms. The van der Waals surface area contributed by atoms with Gasteiger partial charge < -0.3 is 10.6 Å². The maximum atomic E-state index is 6.09. The van der Waals surface area contributed by atoms with Crippen LogP contribution in [0, 0.1) is 0 Å². The van der Waals surface area contributed by atoms with E-state index in [1.807, 2.05) is 42.5 Å². The summed E-state index contributed by atoms with van der Waals surface area (Å²) in [5.74, 6) is 1.75. The molecule has 5 nitrogen and oxygen atoms in total. The van der Waals surface area contributed by atoms with Gasteiger partial charge in [-0.1, -0.05) is 57.9 Å². The summed E-state index contributed by atoms with van der Waals surface area (Å²) in [5.41, 5.74) is 3.44. The van der Waals surface area contributed by atoms with E-state index >= 15 is 0 Å². The van der Waals surface area contributed by atoms with Gasteiger partial charge in [-0.25, -0.2) is 9.97 Å². The Hall–Kier alpha value is -2.96. The second-order valence-electron chi connectivity index (χ2n) is 7.89. The van der Waals surface area contributed by atoms with Crippen molar-refractivity contribution in [2.45, 2.75) is 31.8 Å². The van der Waals surface area contributed by atoms with E-state index in [1.54, 1.807) is 12.5 Å². The Kier molecular flexibility index (Phi) is 7.92. The lowest BCUT2D eigenvalue weighted by Gasteiger charge is -2.26. The molecule has 2 aromatic carbocycles. The third-order valence-electron chi connectivity index (χ3n) is 5.47. The predicted molar refractivity (Wildman–Crippen MR) is 139 cm³/mol. The van der Waals surface area contributed by atoms with Gasteiger partial charge in [0.25, 0.3) is 0 Å². The van der Waals surface area contributed by atoms with E-state index in [4.69, 9.17) is 11.6 Å². The lowest BCUT2D eigenvalue weighted by Crippen LogP contribution is -2.26. The minimum Gasteiger partial charge on any atom is -0.367 e. The fourth-order valence-corrected chi connectivity index (χ4v) is 4.29. The van der Waals surface area contributed by atoms with Gasteiger partial charge in [0.2, 0.25) is 0 Å².